The molecule has 2 aromatic rings. The molecular weight excluding hydrogens is 571 g/mol. The molecule has 2 rings (SSSR count). The predicted octanol–water partition coefficient (Wildman–Crippen LogP) is 7.61. The number of nitrogens with two attached hydrogens (primary N) is 1. The van der Waals surface area contributed by atoms with E-state index in [9.17, 15) is 35.9 Å². The lowest BCUT2D eigenvalue weighted by Gasteiger charge is -2.29. The molecule has 0 saturated carbocycles. The van der Waals surface area contributed by atoms with Crippen molar-refractivity contribution in [3.8, 4) is 0 Å². The highest BCUT2D eigenvalue weighted by Gasteiger charge is 2.42. The molecule has 12 heteroatoms. The maximum atomic E-state index is 13.7. The first-order valence-corrected chi connectivity index (χ1v) is 12.1. The Kier molecular flexibility index (Phi) is 10.1. The molecule has 39 heavy (non-hydrogen) atoms. The van der Waals surface area contributed by atoms with Gasteiger partial charge in [0.25, 0.3) is 0 Å². The highest BCUT2D eigenvalue weighted by Crippen LogP contribution is 2.43. The molecule has 0 aliphatic rings. The highest BCUT2D eigenvalue weighted by molar-refractivity contribution is 6.42. The van der Waals surface area contributed by atoms with Crippen molar-refractivity contribution < 1.29 is 40.7 Å². The highest BCUT2D eigenvalue weighted by atomic mass is 35.5. The summed E-state index contributed by atoms with van der Waals surface area (Å²) in [5, 5.41) is -0.0200. The lowest BCUT2D eigenvalue weighted by atomic mass is 9.75. The molecule has 0 aliphatic heterocycles. The summed E-state index contributed by atoms with van der Waals surface area (Å²) in [6, 6.07) is 4.77. The summed E-state index contributed by atoms with van der Waals surface area (Å²) < 4.78 is 87.4. The summed E-state index contributed by atoms with van der Waals surface area (Å²) in [4.78, 5) is 26.5. The third-order valence-electron chi connectivity index (χ3n) is 5.53. The van der Waals surface area contributed by atoms with E-state index in [1.165, 1.54) is 18.2 Å². The van der Waals surface area contributed by atoms with Crippen molar-refractivity contribution in [2.24, 2.45) is 17.6 Å². The van der Waals surface area contributed by atoms with Crippen LogP contribution in [-0.2, 0) is 26.7 Å². The molecule has 2 N–H and O–H groups in total. The SMILES string of the molecule is C=C=CC(C(=O)C(CN)C(=O)OC(C)(C)C)C(c1cc(C(F)(F)F)cc(C(F)(F)F)c1)c1ccc(Cl)c(Cl)c1. The van der Waals surface area contributed by atoms with E-state index in [2.05, 4.69) is 12.3 Å². The number of hydrogen-bond donors (Lipinski definition) is 1. The molecule has 4 nitrogen and oxygen atoms in total. The number of allylic oxidation sites excluding steroid dienone is 1. The number of rotatable bonds is 8. The molecule has 0 saturated heterocycles. The molecule has 212 valence electrons. The molecule has 2 aromatic carbocycles. The lowest BCUT2D eigenvalue weighted by Crippen LogP contribution is -2.40. The summed E-state index contributed by atoms with van der Waals surface area (Å²) in [5.74, 6) is -6.60. The molecule has 0 bridgehead atoms. The van der Waals surface area contributed by atoms with E-state index in [-0.39, 0.29) is 21.7 Å². The van der Waals surface area contributed by atoms with Crippen LogP contribution in [0.15, 0.2) is 54.8 Å². The van der Waals surface area contributed by atoms with Crippen LogP contribution in [0.25, 0.3) is 0 Å². The average Bonchev–Trinajstić information content (AvgIpc) is 2.79. The van der Waals surface area contributed by atoms with Crippen molar-refractivity contribution >= 4 is 35.0 Å². The van der Waals surface area contributed by atoms with Gasteiger partial charge in [-0.3, -0.25) is 9.59 Å². The Bertz CT molecular complexity index is 1250. The number of alkyl halides is 6. The van der Waals surface area contributed by atoms with Gasteiger partial charge < -0.3 is 10.5 Å². The maximum absolute atomic E-state index is 13.7. The largest absolute Gasteiger partial charge is 0.459 e. The molecule has 0 heterocycles. The van der Waals surface area contributed by atoms with E-state index < -0.39 is 70.7 Å². The van der Waals surface area contributed by atoms with Gasteiger partial charge >= 0.3 is 18.3 Å². The third kappa shape index (κ3) is 8.35. The average molecular weight is 596 g/mol. The fraction of sp³-hybridized carbons (Fsp3) is 0.370. The van der Waals surface area contributed by atoms with E-state index in [0.717, 1.165) is 6.08 Å². The van der Waals surface area contributed by atoms with Gasteiger partial charge in [-0.2, -0.15) is 26.3 Å². The van der Waals surface area contributed by atoms with Crippen LogP contribution in [0.5, 0.6) is 0 Å². The minimum atomic E-state index is -5.15. The van der Waals surface area contributed by atoms with Gasteiger partial charge in [0.05, 0.1) is 27.1 Å². The third-order valence-corrected chi connectivity index (χ3v) is 6.27. The summed E-state index contributed by atoms with van der Waals surface area (Å²) in [6.07, 6.45) is -9.25. The minimum Gasteiger partial charge on any atom is -0.459 e. The van der Waals surface area contributed by atoms with Gasteiger partial charge in [-0.15, -0.1) is 5.73 Å². The zero-order chi connectivity index (χ0) is 29.9. The Hall–Kier alpha value is -2.78. The molecule has 3 atom stereocenters. The number of halogens is 8. The molecule has 0 fully saturated rings. The van der Waals surface area contributed by atoms with Crippen LogP contribution < -0.4 is 5.73 Å². The fourth-order valence-electron chi connectivity index (χ4n) is 3.87. The van der Waals surface area contributed by atoms with Gasteiger partial charge in [-0.05, 0) is 68.3 Å². The molecule has 0 spiro atoms. The summed E-state index contributed by atoms with van der Waals surface area (Å²) in [6.45, 7) is 7.49. The first-order chi connectivity index (χ1) is 17.8. The number of ketones is 1. The fourth-order valence-corrected chi connectivity index (χ4v) is 4.18. The Labute approximate surface area is 231 Å². The summed E-state index contributed by atoms with van der Waals surface area (Å²) >= 11 is 12.1. The normalized spacial score (nSPS) is 14.7. The van der Waals surface area contributed by atoms with Crippen molar-refractivity contribution in [3.63, 3.8) is 0 Å². The predicted molar refractivity (Wildman–Crippen MR) is 135 cm³/mol. The quantitative estimate of drug-likeness (QED) is 0.148. The van der Waals surface area contributed by atoms with E-state index >= 15 is 0 Å². The lowest BCUT2D eigenvalue weighted by molar-refractivity contribution is -0.162. The minimum absolute atomic E-state index is 0.0288. The Morgan fingerprint density at radius 3 is 1.90 bits per heavy atom. The van der Waals surface area contributed by atoms with Crippen molar-refractivity contribution in [2.75, 3.05) is 6.54 Å². The van der Waals surface area contributed by atoms with Crippen LogP contribution in [0.1, 0.15) is 48.9 Å². The van der Waals surface area contributed by atoms with Gasteiger partial charge in [-0.1, -0.05) is 35.8 Å². The zero-order valence-electron chi connectivity index (χ0n) is 21.0. The molecule has 0 aromatic heterocycles. The maximum Gasteiger partial charge on any atom is 0.416 e. The second kappa shape index (κ2) is 12.2. The van der Waals surface area contributed by atoms with E-state index in [1.54, 1.807) is 20.8 Å². The molecular formula is C27H25Cl2F6NO3. The van der Waals surface area contributed by atoms with E-state index in [4.69, 9.17) is 33.7 Å². The van der Waals surface area contributed by atoms with Crippen molar-refractivity contribution in [3.05, 3.63) is 87.1 Å². The van der Waals surface area contributed by atoms with E-state index in [1.807, 2.05) is 0 Å². The van der Waals surface area contributed by atoms with Gasteiger partial charge in [0.1, 0.15) is 11.5 Å². The number of ether oxygens (including phenoxy) is 1. The van der Waals surface area contributed by atoms with Crippen molar-refractivity contribution in [1.29, 1.82) is 0 Å². The van der Waals surface area contributed by atoms with E-state index in [0.29, 0.717) is 12.1 Å². The van der Waals surface area contributed by atoms with Crippen LogP contribution in [-0.4, -0.2) is 23.9 Å². The second-order valence-electron chi connectivity index (χ2n) is 9.61. The van der Waals surface area contributed by atoms with Crippen LogP contribution in [0, 0.1) is 11.8 Å². The number of carbonyl (C=O) groups excluding carboxylic acids is 2. The van der Waals surface area contributed by atoms with Crippen LogP contribution in [0.2, 0.25) is 10.0 Å². The monoisotopic (exact) mass is 595 g/mol. The summed E-state index contributed by atoms with van der Waals surface area (Å²) in [5.41, 5.74) is 3.39. The number of benzene rings is 2. The molecule has 3 unspecified atom stereocenters. The van der Waals surface area contributed by atoms with Crippen LogP contribution >= 0.6 is 23.2 Å². The van der Waals surface area contributed by atoms with Gasteiger partial charge in [0.15, 0.2) is 5.78 Å². The van der Waals surface area contributed by atoms with Gasteiger partial charge in [0.2, 0.25) is 0 Å². The molecule has 0 amide bonds. The standard InChI is InChI=1S/C27H25Cl2F6NO3/c1-5-6-18(23(37)19(13-36)24(38)39-25(2,3)4)22(14-7-8-20(28)21(29)11-14)15-9-16(26(30,31)32)12-17(10-15)27(33,34)35/h6-12,18-19,22H,1,13,36H2,2-4H3. The zero-order valence-corrected chi connectivity index (χ0v) is 22.5. The van der Waals surface area contributed by atoms with Gasteiger partial charge in [0, 0.05) is 12.5 Å². The Morgan fingerprint density at radius 1 is 0.949 bits per heavy atom. The van der Waals surface area contributed by atoms with Gasteiger partial charge in [-0.25, -0.2) is 0 Å². The van der Waals surface area contributed by atoms with Crippen molar-refractivity contribution in [1.82, 2.24) is 0 Å². The van der Waals surface area contributed by atoms with Crippen LogP contribution in [0.4, 0.5) is 26.3 Å². The number of Topliss-reactive ketones (excluding diaryl/α,β-unsaturated/α-hetero) is 1. The topological polar surface area (TPSA) is 69.4 Å². The smallest absolute Gasteiger partial charge is 0.416 e. The molecule has 0 radical (unpaired) electrons. The van der Waals surface area contributed by atoms with Crippen LogP contribution in [0.3, 0.4) is 0 Å². The second-order valence-corrected chi connectivity index (χ2v) is 10.4. The molecule has 0 aliphatic carbocycles. The van der Waals surface area contributed by atoms with Crippen molar-refractivity contribution in [2.45, 2.75) is 44.6 Å². The number of carbonyl (C=O) groups is 2. The number of esters is 1. The first kappa shape index (κ1) is 32.4. The Morgan fingerprint density at radius 2 is 1.49 bits per heavy atom. The summed E-state index contributed by atoms with van der Waals surface area (Å²) in [7, 11) is 0. The number of hydrogen-bond acceptors (Lipinski definition) is 4. The Balaban J connectivity index is 2.89. The first-order valence-electron chi connectivity index (χ1n) is 11.4.